The number of carboxylic acid groups (broad SMARTS) is 1. The zero-order chi connectivity index (χ0) is 18.0. The van der Waals surface area contributed by atoms with Gasteiger partial charge in [0.2, 0.25) is 0 Å². The number of aryl methyl sites for hydroxylation is 1. The van der Waals surface area contributed by atoms with Crippen molar-refractivity contribution in [2.45, 2.75) is 109 Å². The van der Waals surface area contributed by atoms with E-state index in [2.05, 4.69) is 17.5 Å². The van der Waals surface area contributed by atoms with Crippen molar-refractivity contribution in [3.05, 3.63) is 22.4 Å². The number of unbranched alkanes of at least 4 members (excludes halogenated alkanes) is 14. The Bertz CT molecular complexity index is 400. The Morgan fingerprint density at radius 1 is 0.720 bits per heavy atom. The highest BCUT2D eigenvalue weighted by Gasteiger charge is 1.97. The molecule has 0 fully saturated rings. The summed E-state index contributed by atoms with van der Waals surface area (Å²) in [7, 11) is 0. The largest absolute Gasteiger partial charge is 0.481 e. The van der Waals surface area contributed by atoms with E-state index in [9.17, 15) is 4.79 Å². The molecule has 2 nitrogen and oxygen atoms in total. The molecule has 0 radical (unpaired) electrons. The van der Waals surface area contributed by atoms with Crippen molar-refractivity contribution in [2.75, 3.05) is 0 Å². The normalized spacial score (nSPS) is 11.0. The fourth-order valence-electron chi connectivity index (χ4n) is 3.33. The van der Waals surface area contributed by atoms with Crippen LogP contribution < -0.4 is 0 Å². The molecule has 0 unspecified atom stereocenters. The molecular weight excluding hydrogens is 328 g/mol. The number of thiophene rings is 1. The first kappa shape index (κ1) is 22.2. The molecule has 0 aliphatic heterocycles. The highest BCUT2D eigenvalue weighted by atomic mass is 32.1. The van der Waals surface area contributed by atoms with Gasteiger partial charge in [0.1, 0.15) is 0 Å². The van der Waals surface area contributed by atoms with Crippen LogP contribution in [0.5, 0.6) is 0 Å². The maximum atomic E-state index is 10.4. The van der Waals surface area contributed by atoms with Crippen molar-refractivity contribution in [3.63, 3.8) is 0 Å². The van der Waals surface area contributed by atoms with Gasteiger partial charge in [-0.3, -0.25) is 4.79 Å². The van der Waals surface area contributed by atoms with E-state index in [0.29, 0.717) is 6.42 Å². The van der Waals surface area contributed by atoms with Crippen LogP contribution in [-0.2, 0) is 11.2 Å². The number of carboxylic acids is 1. The predicted molar refractivity (Wildman–Crippen MR) is 110 cm³/mol. The van der Waals surface area contributed by atoms with E-state index in [4.69, 9.17) is 5.11 Å². The SMILES string of the molecule is O=C(O)CCCCCCCCCCCCCCCCCc1cccs1. The van der Waals surface area contributed by atoms with Gasteiger partial charge in [-0.15, -0.1) is 11.3 Å². The second kappa shape index (κ2) is 16.6. The van der Waals surface area contributed by atoms with E-state index < -0.39 is 5.97 Å². The molecule has 25 heavy (non-hydrogen) atoms. The molecule has 144 valence electrons. The van der Waals surface area contributed by atoms with Gasteiger partial charge in [-0.2, -0.15) is 0 Å². The molecule has 0 saturated carbocycles. The number of hydrogen-bond donors (Lipinski definition) is 1. The average molecular weight is 367 g/mol. The van der Waals surface area contributed by atoms with Crippen LogP contribution in [-0.4, -0.2) is 11.1 Å². The van der Waals surface area contributed by atoms with Gasteiger partial charge in [0.05, 0.1) is 0 Å². The zero-order valence-electron chi connectivity index (χ0n) is 16.0. The summed E-state index contributed by atoms with van der Waals surface area (Å²) in [5.41, 5.74) is 0. The quantitative estimate of drug-likeness (QED) is 0.271. The molecule has 1 heterocycles. The maximum absolute atomic E-state index is 10.4. The lowest BCUT2D eigenvalue weighted by Crippen LogP contribution is -1.93. The van der Waals surface area contributed by atoms with Gasteiger partial charge in [0.25, 0.3) is 0 Å². The Kier molecular flexibility index (Phi) is 14.8. The highest BCUT2D eigenvalue weighted by Crippen LogP contribution is 2.16. The van der Waals surface area contributed by atoms with Gasteiger partial charge in [0.15, 0.2) is 0 Å². The third kappa shape index (κ3) is 15.2. The fraction of sp³-hybridized carbons (Fsp3) is 0.773. The molecule has 0 aliphatic rings. The first-order valence-electron chi connectivity index (χ1n) is 10.5. The lowest BCUT2D eigenvalue weighted by atomic mass is 10.0. The first-order chi connectivity index (χ1) is 12.3. The van der Waals surface area contributed by atoms with Crippen LogP contribution >= 0.6 is 11.3 Å². The summed E-state index contributed by atoms with van der Waals surface area (Å²) in [5, 5.41) is 10.7. The van der Waals surface area contributed by atoms with E-state index in [-0.39, 0.29) is 0 Å². The van der Waals surface area contributed by atoms with Crippen LogP contribution in [0, 0.1) is 0 Å². The van der Waals surface area contributed by atoms with E-state index in [1.807, 2.05) is 11.3 Å². The van der Waals surface area contributed by atoms with Gasteiger partial charge in [-0.25, -0.2) is 0 Å². The summed E-state index contributed by atoms with van der Waals surface area (Å²) >= 11 is 1.89. The summed E-state index contributed by atoms with van der Waals surface area (Å²) in [5.74, 6) is -0.654. The second-order valence-corrected chi connectivity index (χ2v) is 8.31. The summed E-state index contributed by atoms with van der Waals surface area (Å²) in [6.45, 7) is 0. The Hall–Kier alpha value is -0.830. The van der Waals surface area contributed by atoms with E-state index in [0.717, 1.165) is 12.8 Å². The minimum Gasteiger partial charge on any atom is -0.481 e. The van der Waals surface area contributed by atoms with Gasteiger partial charge < -0.3 is 5.11 Å². The van der Waals surface area contributed by atoms with Crippen LogP contribution in [0.4, 0.5) is 0 Å². The first-order valence-corrected chi connectivity index (χ1v) is 11.4. The topological polar surface area (TPSA) is 37.3 Å². The molecule has 1 rings (SSSR count). The van der Waals surface area contributed by atoms with Crippen LogP contribution in [0.3, 0.4) is 0 Å². The minimum absolute atomic E-state index is 0.342. The molecule has 0 spiro atoms. The molecular formula is C22H38O2S. The molecule has 0 atom stereocenters. The summed E-state index contributed by atoms with van der Waals surface area (Å²) in [6, 6.07) is 4.41. The molecule has 0 bridgehead atoms. The molecule has 3 heteroatoms. The smallest absolute Gasteiger partial charge is 0.303 e. The second-order valence-electron chi connectivity index (χ2n) is 7.28. The monoisotopic (exact) mass is 366 g/mol. The molecule has 1 aromatic heterocycles. The molecule has 0 amide bonds. The van der Waals surface area contributed by atoms with Gasteiger partial charge in [0, 0.05) is 11.3 Å². The molecule has 0 aliphatic carbocycles. The van der Waals surface area contributed by atoms with Gasteiger partial charge >= 0.3 is 5.97 Å². The zero-order valence-corrected chi connectivity index (χ0v) is 16.8. The molecule has 0 saturated heterocycles. The Balaban J connectivity index is 1.67. The van der Waals surface area contributed by atoms with E-state index >= 15 is 0 Å². The number of hydrogen-bond acceptors (Lipinski definition) is 2. The summed E-state index contributed by atoms with van der Waals surface area (Å²) in [6.07, 6.45) is 21.3. The lowest BCUT2D eigenvalue weighted by Gasteiger charge is -2.03. The predicted octanol–water partition coefficient (Wildman–Crippen LogP) is 7.62. The number of carbonyl (C=O) groups is 1. The third-order valence-corrected chi connectivity index (χ3v) is 5.83. The van der Waals surface area contributed by atoms with E-state index in [1.54, 1.807) is 4.88 Å². The lowest BCUT2D eigenvalue weighted by molar-refractivity contribution is -0.137. The van der Waals surface area contributed by atoms with Crippen LogP contribution in [0.25, 0.3) is 0 Å². The molecule has 1 aromatic rings. The van der Waals surface area contributed by atoms with Crippen molar-refractivity contribution in [2.24, 2.45) is 0 Å². The van der Waals surface area contributed by atoms with Crippen molar-refractivity contribution in [1.82, 2.24) is 0 Å². The standard InChI is InChI=1S/C22H38O2S/c23-22(24)19-15-13-11-9-7-5-3-1-2-4-6-8-10-12-14-17-21-18-16-20-25-21/h16,18,20H,1-15,17,19H2,(H,23,24). The highest BCUT2D eigenvalue weighted by molar-refractivity contribution is 7.09. The van der Waals surface area contributed by atoms with Crippen molar-refractivity contribution < 1.29 is 9.90 Å². The number of rotatable bonds is 18. The van der Waals surface area contributed by atoms with Crippen molar-refractivity contribution in [1.29, 1.82) is 0 Å². The molecule has 0 aromatic carbocycles. The Morgan fingerprint density at radius 2 is 1.16 bits per heavy atom. The van der Waals surface area contributed by atoms with Crippen molar-refractivity contribution in [3.8, 4) is 0 Å². The molecule has 1 N–H and O–H groups in total. The van der Waals surface area contributed by atoms with Gasteiger partial charge in [-0.05, 0) is 30.7 Å². The van der Waals surface area contributed by atoms with Crippen LogP contribution in [0.2, 0.25) is 0 Å². The average Bonchev–Trinajstić information content (AvgIpc) is 3.11. The third-order valence-electron chi connectivity index (χ3n) is 4.89. The minimum atomic E-state index is -0.654. The van der Waals surface area contributed by atoms with E-state index in [1.165, 1.54) is 89.9 Å². The Labute approximate surface area is 159 Å². The van der Waals surface area contributed by atoms with Crippen molar-refractivity contribution >= 4 is 17.3 Å². The fourth-order valence-corrected chi connectivity index (χ4v) is 4.08. The van der Waals surface area contributed by atoms with Crippen LogP contribution in [0.15, 0.2) is 17.5 Å². The summed E-state index contributed by atoms with van der Waals surface area (Å²) < 4.78 is 0. The Morgan fingerprint density at radius 3 is 1.56 bits per heavy atom. The van der Waals surface area contributed by atoms with Gasteiger partial charge in [-0.1, -0.05) is 89.5 Å². The number of aliphatic carboxylic acids is 1. The van der Waals surface area contributed by atoms with Crippen LogP contribution in [0.1, 0.15) is 108 Å². The summed E-state index contributed by atoms with van der Waals surface area (Å²) in [4.78, 5) is 11.9. The maximum Gasteiger partial charge on any atom is 0.303 e.